The molecule has 0 radical (unpaired) electrons. The number of hydrogen-bond acceptors (Lipinski definition) is 4. The number of rotatable bonds is 6. The first-order chi connectivity index (χ1) is 14.1. The molecule has 1 aromatic carbocycles. The Kier molecular flexibility index (Phi) is 5.64. The van der Waals surface area contributed by atoms with Crippen LogP contribution in [0.25, 0.3) is 5.65 Å². The molecule has 0 bridgehead atoms. The summed E-state index contributed by atoms with van der Waals surface area (Å²) in [6.07, 6.45) is 5.84. The molecule has 1 fully saturated rings. The number of carbonyl (C=O) groups is 1. The minimum Gasteiger partial charge on any atom is -0.497 e. The molecule has 0 N–H and O–H groups in total. The van der Waals surface area contributed by atoms with Crippen LogP contribution < -0.4 is 10.4 Å². The largest absolute Gasteiger partial charge is 0.497 e. The number of piperidine rings is 1. The predicted octanol–water partition coefficient (Wildman–Crippen LogP) is 2.38. The van der Waals surface area contributed by atoms with Gasteiger partial charge in [0.15, 0.2) is 5.65 Å². The van der Waals surface area contributed by atoms with Crippen LogP contribution in [0.3, 0.4) is 0 Å². The fourth-order valence-electron chi connectivity index (χ4n) is 3.93. The van der Waals surface area contributed by atoms with Crippen LogP contribution in [0.2, 0.25) is 0 Å². The van der Waals surface area contributed by atoms with Gasteiger partial charge in [0.2, 0.25) is 5.91 Å². The maximum atomic E-state index is 12.6. The first kappa shape index (κ1) is 19.2. The standard InChI is InChI=1S/C22H26N4O3/c1-29-19-9-7-17(8-10-19)5-6-18-11-14-24(15-12-18)21(27)16-26-22(28)25-13-3-2-4-20(25)23-26/h2-4,7-10,13,18H,5-6,11-12,14-16H2,1H3. The lowest BCUT2D eigenvalue weighted by Gasteiger charge is -2.32. The van der Waals surface area contributed by atoms with Gasteiger partial charge in [-0.3, -0.25) is 9.20 Å². The molecule has 1 aliphatic rings. The van der Waals surface area contributed by atoms with E-state index in [-0.39, 0.29) is 18.1 Å². The molecular formula is C22H26N4O3. The van der Waals surface area contributed by atoms with Gasteiger partial charge >= 0.3 is 5.69 Å². The Hall–Kier alpha value is -3.09. The van der Waals surface area contributed by atoms with Gasteiger partial charge in [-0.05, 0) is 61.4 Å². The van der Waals surface area contributed by atoms with E-state index in [1.165, 1.54) is 14.6 Å². The highest BCUT2D eigenvalue weighted by molar-refractivity contribution is 5.76. The fourth-order valence-corrected chi connectivity index (χ4v) is 3.93. The third-order valence-corrected chi connectivity index (χ3v) is 5.74. The summed E-state index contributed by atoms with van der Waals surface area (Å²) in [5, 5.41) is 4.25. The minimum atomic E-state index is -0.275. The van der Waals surface area contributed by atoms with Crippen LogP contribution >= 0.6 is 0 Å². The van der Waals surface area contributed by atoms with Crippen molar-refractivity contribution in [3.8, 4) is 5.75 Å². The van der Waals surface area contributed by atoms with Gasteiger partial charge in [-0.15, -0.1) is 5.10 Å². The number of aromatic nitrogens is 3. The number of fused-ring (bicyclic) bond motifs is 1. The number of methoxy groups -OCH3 is 1. The summed E-state index contributed by atoms with van der Waals surface area (Å²) in [4.78, 5) is 26.9. The number of carbonyl (C=O) groups excluding carboxylic acids is 1. The van der Waals surface area contributed by atoms with Crippen molar-refractivity contribution in [3.05, 3.63) is 64.7 Å². The van der Waals surface area contributed by atoms with E-state index < -0.39 is 0 Å². The summed E-state index contributed by atoms with van der Waals surface area (Å²) >= 11 is 0. The van der Waals surface area contributed by atoms with Crippen molar-refractivity contribution in [1.82, 2.24) is 19.1 Å². The lowest BCUT2D eigenvalue weighted by atomic mass is 9.90. The molecule has 0 spiro atoms. The molecule has 3 heterocycles. The third kappa shape index (κ3) is 4.34. The third-order valence-electron chi connectivity index (χ3n) is 5.74. The van der Waals surface area contributed by atoms with Crippen LogP contribution in [0.5, 0.6) is 5.75 Å². The Morgan fingerprint density at radius 3 is 2.59 bits per heavy atom. The van der Waals surface area contributed by atoms with Crippen LogP contribution in [0.4, 0.5) is 0 Å². The van der Waals surface area contributed by atoms with Crippen LogP contribution in [0, 0.1) is 5.92 Å². The monoisotopic (exact) mass is 394 g/mol. The van der Waals surface area contributed by atoms with Gasteiger partial charge in [0.25, 0.3) is 0 Å². The summed E-state index contributed by atoms with van der Waals surface area (Å²) < 4.78 is 7.91. The zero-order valence-electron chi connectivity index (χ0n) is 16.7. The van der Waals surface area contributed by atoms with E-state index in [1.54, 1.807) is 25.4 Å². The number of likely N-dealkylation sites (tertiary alicyclic amines) is 1. The van der Waals surface area contributed by atoms with Crippen molar-refractivity contribution in [2.24, 2.45) is 5.92 Å². The highest BCUT2D eigenvalue weighted by atomic mass is 16.5. The number of pyridine rings is 1. The molecule has 1 saturated heterocycles. The molecule has 7 nitrogen and oxygen atoms in total. The molecule has 4 rings (SSSR count). The van der Waals surface area contributed by atoms with E-state index in [9.17, 15) is 9.59 Å². The Labute approximate surface area is 169 Å². The van der Waals surface area contributed by atoms with Crippen molar-refractivity contribution in [1.29, 1.82) is 0 Å². The summed E-state index contributed by atoms with van der Waals surface area (Å²) in [5.41, 5.74) is 1.60. The molecule has 0 unspecified atom stereocenters. The molecule has 0 aliphatic carbocycles. The minimum absolute atomic E-state index is 0.00295. The molecule has 0 saturated carbocycles. The van der Waals surface area contributed by atoms with E-state index in [2.05, 4.69) is 17.2 Å². The maximum absolute atomic E-state index is 12.6. The van der Waals surface area contributed by atoms with Crippen molar-refractivity contribution >= 4 is 11.6 Å². The average molecular weight is 394 g/mol. The molecule has 7 heteroatoms. The zero-order valence-corrected chi connectivity index (χ0v) is 16.7. The molecule has 3 aromatic rings. The van der Waals surface area contributed by atoms with E-state index >= 15 is 0 Å². The van der Waals surface area contributed by atoms with E-state index in [0.29, 0.717) is 11.6 Å². The first-order valence-corrected chi connectivity index (χ1v) is 10.1. The van der Waals surface area contributed by atoms with Crippen LogP contribution in [-0.4, -0.2) is 45.2 Å². The zero-order chi connectivity index (χ0) is 20.2. The number of aryl methyl sites for hydroxylation is 1. The normalized spacial score (nSPS) is 15.0. The highest BCUT2D eigenvalue weighted by Crippen LogP contribution is 2.23. The molecular weight excluding hydrogens is 368 g/mol. The number of nitrogens with zero attached hydrogens (tertiary/aromatic N) is 4. The number of amides is 1. The van der Waals surface area contributed by atoms with Gasteiger partial charge in [-0.1, -0.05) is 18.2 Å². The Bertz CT molecular complexity index is 1030. The molecule has 0 atom stereocenters. The van der Waals surface area contributed by atoms with Crippen LogP contribution in [-0.2, 0) is 17.8 Å². The van der Waals surface area contributed by atoms with Crippen molar-refractivity contribution < 1.29 is 9.53 Å². The molecule has 2 aromatic heterocycles. The van der Waals surface area contributed by atoms with Crippen LogP contribution in [0.15, 0.2) is 53.5 Å². The smallest absolute Gasteiger partial charge is 0.350 e. The Morgan fingerprint density at radius 1 is 1.14 bits per heavy atom. The second-order valence-corrected chi connectivity index (χ2v) is 7.58. The van der Waals surface area contributed by atoms with E-state index in [4.69, 9.17) is 4.74 Å². The number of ether oxygens (including phenoxy) is 1. The number of hydrogen-bond donors (Lipinski definition) is 0. The average Bonchev–Trinajstić information content (AvgIpc) is 3.08. The molecule has 29 heavy (non-hydrogen) atoms. The van der Waals surface area contributed by atoms with E-state index in [0.717, 1.165) is 44.5 Å². The van der Waals surface area contributed by atoms with Gasteiger partial charge in [-0.25, -0.2) is 9.48 Å². The van der Waals surface area contributed by atoms with E-state index in [1.807, 2.05) is 23.1 Å². The Morgan fingerprint density at radius 2 is 1.90 bits per heavy atom. The topological polar surface area (TPSA) is 68.8 Å². The molecule has 1 aliphatic heterocycles. The van der Waals surface area contributed by atoms with Gasteiger partial charge < -0.3 is 9.64 Å². The fraction of sp³-hybridized carbons (Fsp3) is 0.409. The van der Waals surface area contributed by atoms with Gasteiger partial charge in [-0.2, -0.15) is 0 Å². The van der Waals surface area contributed by atoms with Gasteiger partial charge in [0.1, 0.15) is 12.3 Å². The number of benzene rings is 1. The maximum Gasteiger partial charge on any atom is 0.350 e. The van der Waals surface area contributed by atoms with Crippen molar-refractivity contribution in [3.63, 3.8) is 0 Å². The second kappa shape index (κ2) is 8.51. The second-order valence-electron chi connectivity index (χ2n) is 7.58. The van der Waals surface area contributed by atoms with Gasteiger partial charge in [0.05, 0.1) is 7.11 Å². The lowest BCUT2D eigenvalue weighted by Crippen LogP contribution is -2.41. The van der Waals surface area contributed by atoms with Crippen LogP contribution in [0.1, 0.15) is 24.8 Å². The van der Waals surface area contributed by atoms with Crippen molar-refractivity contribution in [2.75, 3.05) is 20.2 Å². The SMILES string of the molecule is COc1ccc(CCC2CCN(C(=O)Cn3nc4ccccn4c3=O)CC2)cc1. The summed E-state index contributed by atoms with van der Waals surface area (Å²) in [5.74, 6) is 1.47. The Balaban J connectivity index is 1.27. The van der Waals surface area contributed by atoms with Crippen molar-refractivity contribution in [2.45, 2.75) is 32.2 Å². The molecule has 152 valence electrons. The molecule has 1 amide bonds. The van der Waals surface area contributed by atoms with Gasteiger partial charge in [0, 0.05) is 19.3 Å². The predicted molar refractivity (Wildman–Crippen MR) is 110 cm³/mol. The summed E-state index contributed by atoms with van der Waals surface area (Å²) in [7, 11) is 1.68. The summed E-state index contributed by atoms with van der Waals surface area (Å²) in [6.45, 7) is 1.49. The quantitative estimate of drug-likeness (QED) is 0.644. The highest BCUT2D eigenvalue weighted by Gasteiger charge is 2.23. The first-order valence-electron chi connectivity index (χ1n) is 10.1. The summed E-state index contributed by atoms with van der Waals surface area (Å²) in [6, 6.07) is 13.6. The lowest BCUT2D eigenvalue weighted by molar-refractivity contribution is -0.133.